The standard InChI is InChI=1S/C12H24N2O/c1-3-13-12(15)14-8-7-11-6-4-5-10(2)9-11/h10-11H,3-9H2,1-2H3,(H2,13,14,15). The van der Waals surface area contributed by atoms with Crippen LogP contribution in [0.4, 0.5) is 4.79 Å². The van der Waals surface area contributed by atoms with Crippen molar-refractivity contribution in [2.24, 2.45) is 11.8 Å². The van der Waals surface area contributed by atoms with E-state index in [9.17, 15) is 4.79 Å². The van der Waals surface area contributed by atoms with Crippen LogP contribution in [0.2, 0.25) is 0 Å². The highest BCUT2D eigenvalue weighted by atomic mass is 16.2. The number of hydrogen-bond acceptors (Lipinski definition) is 1. The average molecular weight is 212 g/mol. The number of urea groups is 1. The number of amides is 2. The molecule has 0 aromatic heterocycles. The molecule has 0 aromatic carbocycles. The highest BCUT2D eigenvalue weighted by Gasteiger charge is 2.18. The molecule has 0 bridgehead atoms. The fourth-order valence-electron chi connectivity index (χ4n) is 2.43. The van der Waals surface area contributed by atoms with Gasteiger partial charge < -0.3 is 10.6 Å². The molecule has 88 valence electrons. The van der Waals surface area contributed by atoms with E-state index < -0.39 is 0 Å². The highest BCUT2D eigenvalue weighted by Crippen LogP contribution is 2.30. The second-order valence-corrected chi connectivity index (χ2v) is 4.71. The predicted octanol–water partition coefficient (Wildman–Crippen LogP) is 2.52. The van der Waals surface area contributed by atoms with E-state index in [1.807, 2.05) is 6.92 Å². The van der Waals surface area contributed by atoms with Gasteiger partial charge in [-0.1, -0.05) is 26.2 Å². The Balaban J connectivity index is 2.06. The lowest BCUT2D eigenvalue weighted by molar-refractivity contribution is 0.236. The van der Waals surface area contributed by atoms with Crippen LogP contribution in [-0.4, -0.2) is 19.1 Å². The van der Waals surface area contributed by atoms with E-state index in [1.54, 1.807) is 0 Å². The van der Waals surface area contributed by atoms with E-state index in [0.29, 0.717) is 6.54 Å². The second kappa shape index (κ2) is 6.70. The summed E-state index contributed by atoms with van der Waals surface area (Å²) in [5.41, 5.74) is 0. The molecule has 1 saturated carbocycles. The van der Waals surface area contributed by atoms with E-state index >= 15 is 0 Å². The zero-order valence-corrected chi connectivity index (χ0v) is 10.0. The second-order valence-electron chi connectivity index (χ2n) is 4.71. The minimum atomic E-state index is -0.0265. The smallest absolute Gasteiger partial charge is 0.314 e. The lowest BCUT2D eigenvalue weighted by Gasteiger charge is -2.26. The summed E-state index contributed by atoms with van der Waals surface area (Å²) in [6.45, 7) is 5.79. The molecule has 0 radical (unpaired) electrons. The number of hydrogen-bond donors (Lipinski definition) is 2. The van der Waals surface area contributed by atoms with Crippen LogP contribution in [-0.2, 0) is 0 Å². The summed E-state index contributed by atoms with van der Waals surface area (Å²) in [5, 5.41) is 5.64. The molecule has 1 aliphatic rings. The van der Waals surface area contributed by atoms with E-state index in [4.69, 9.17) is 0 Å². The molecule has 15 heavy (non-hydrogen) atoms. The highest BCUT2D eigenvalue weighted by molar-refractivity contribution is 5.73. The Morgan fingerprint density at radius 3 is 2.80 bits per heavy atom. The quantitative estimate of drug-likeness (QED) is 0.738. The third-order valence-corrected chi connectivity index (χ3v) is 3.22. The topological polar surface area (TPSA) is 41.1 Å². The Morgan fingerprint density at radius 1 is 1.33 bits per heavy atom. The molecule has 3 heteroatoms. The normalized spacial score (nSPS) is 26.0. The van der Waals surface area contributed by atoms with Gasteiger partial charge in [-0.05, 0) is 31.6 Å². The average Bonchev–Trinajstić information content (AvgIpc) is 2.18. The maximum Gasteiger partial charge on any atom is 0.314 e. The van der Waals surface area contributed by atoms with Crippen molar-refractivity contribution in [1.29, 1.82) is 0 Å². The van der Waals surface area contributed by atoms with Gasteiger partial charge in [-0.15, -0.1) is 0 Å². The minimum Gasteiger partial charge on any atom is -0.338 e. The lowest BCUT2D eigenvalue weighted by Crippen LogP contribution is -2.36. The molecule has 2 amide bonds. The molecule has 1 rings (SSSR count). The molecular weight excluding hydrogens is 188 g/mol. The van der Waals surface area contributed by atoms with Gasteiger partial charge in [0.15, 0.2) is 0 Å². The maximum atomic E-state index is 11.1. The maximum absolute atomic E-state index is 11.1. The predicted molar refractivity (Wildman–Crippen MR) is 62.8 cm³/mol. The summed E-state index contributed by atoms with van der Waals surface area (Å²) < 4.78 is 0. The van der Waals surface area contributed by atoms with Gasteiger partial charge in [-0.25, -0.2) is 4.79 Å². The number of carbonyl (C=O) groups is 1. The summed E-state index contributed by atoms with van der Waals surface area (Å²) in [7, 11) is 0. The molecule has 1 aliphatic carbocycles. The van der Waals surface area contributed by atoms with Crippen molar-refractivity contribution in [3.63, 3.8) is 0 Å². The van der Waals surface area contributed by atoms with Crippen molar-refractivity contribution in [3.05, 3.63) is 0 Å². The third kappa shape index (κ3) is 5.05. The summed E-state index contributed by atoms with van der Waals surface area (Å²) in [6.07, 6.45) is 6.59. The van der Waals surface area contributed by atoms with Crippen LogP contribution >= 0.6 is 0 Å². The SMILES string of the molecule is CCNC(=O)NCCC1CCCC(C)C1. The van der Waals surface area contributed by atoms with Crippen molar-refractivity contribution >= 4 is 6.03 Å². The summed E-state index contributed by atoms with van der Waals surface area (Å²) in [5.74, 6) is 1.71. The van der Waals surface area contributed by atoms with Crippen molar-refractivity contribution in [2.75, 3.05) is 13.1 Å². The van der Waals surface area contributed by atoms with Crippen LogP contribution in [0, 0.1) is 11.8 Å². The summed E-state index contributed by atoms with van der Waals surface area (Å²) >= 11 is 0. The minimum absolute atomic E-state index is 0.0265. The van der Waals surface area contributed by atoms with Crippen LogP contribution < -0.4 is 10.6 Å². The molecule has 0 heterocycles. The van der Waals surface area contributed by atoms with Gasteiger partial charge in [0, 0.05) is 13.1 Å². The Bertz CT molecular complexity index is 194. The van der Waals surface area contributed by atoms with Gasteiger partial charge in [-0.3, -0.25) is 0 Å². The van der Waals surface area contributed by atoms with Crippen LogP contribution in [0.1, 0.15) is 46.0 Å². The Morgan fingerprint density at radius 2 is 2.13 bits per heavy atom. The zero-order valence-electron chi connectivity index (χ0n) is 10.0. The first kappa shape index (κ1) is 12.3. The Kier molecular flexibility index (Phi) is 5.51. The fourth-order valence-corrected chi connectivity index (χ4v) is 2.43. The first-order valence-electron chi connectivity index (χ1n) is 6.24. The molecule has 0 spiro atoms. The first-order chi connectivity index (χ1) is 7.22. The first-order valence-corrected chi connectivity index (χ1v) is 6.24. The fraction of sp³-hybridized carbons (Fsp3) is 0.917. The molecule has 1 fully saturated rings. The number of carbonyl (C=O) groups excluding carboxylic acids is 1. The molecule has 0 aromatic rings. The van der Waals surface area contributed by atoms with Gasteiger partial charge in [0.25, 0.3) is 0 Å². The van der Waals surface area contributed by atoms with Gasteiger partial charge in [0.2, 0.25) is 0 Å². The number of rotatable bonds is 4. The van der Waals surface area contributed by atoms with Crippen molar-refractivity contribution < 1.29 is 4.79 Å². The van der Waals surface area contributed by atoms with Gasteiger partial charge in [0.1, 0.15) is 0 Å². The molecule has 3 nitrogen and oxygen atoms in total. The van der Waals surface area contributed by atoms with Gasteiger partial charge >= 0.3 is 6.03 Å². The van der Waals surface area contributed by atoms with Crippen LogP contribution in [0.15, 0.2) is 0 Å². The van der Waals surface area contributed by atoms with E-state index in [1.165, 1.54) is 25.7 Å². The summed E-state index contributed by atoms with van der Waals surface area (Å²) in [4.78, 5) is 11.1. The lowest BCUT2D eigenvalue weighted by atomic mass is 9.81. The molecule has 0 saturated heterocycles. The molecule has 2 atom stereocenters. The van der Waals surface area contributed by atoms with Crippen LogP contribution in [0.3, 0.4) is 0 Å². The van der Waals surface area contributed by atoms with Crippen LogP contribution in [0.5, 0.6) is 0 Å². The Hall–Kier alpha value is -0.730. The molecular formula is C12H24N2O. The Labute approximate surface area is 93.0 Å². The number of nitrogens with one attached hydrogen (secondary N) is 2. The summed E-state index contributed by atoms with van der Waals surface area (Å²) in [6, 6.07) is -0.0265. The van der Waals surface area contributed by atoms with Gasteiger partial charge in [-0.2, -0.15) is 0 Å². The third-order valence-electron chi connectivity index (χ3n) is 3.22. The molecule has 2 unspecified atom stereocenters. The molecule has 0 aliphatic heterocycles. The van der Waals surface area contributed by atoms with E-state index in [0.717, 1.165) is 24.8 Å². The van der Waals surface area contributed by atoms with E-state index in [2.05, 4.69) is 17.6 Å². The monoisotopic (exact) mass is 212 g/mol. The van der Waals surface area contributed by atoms with E-state index in [-0.39, 0.29) is 6.03 Å². The molecule has 2 N–H and O–H groups in total. The van der Waals surface area contributed by atoms with Crippen molar-refractivity contribution in [1.82, 2.24) is 10.6 Å². The van der Waals surface area contributed by atoms with Crippen LogP contribution in [0.25, 0.3) is 0 Å². The zero-order chi connectivity index (χ0) is 11.1. The largest absolute Gasteiger partial charge is 0.338 e. The van der Waals surface area contributed by atoms with Gasteiger partial charge in [0.05, 0.1) is 0 Å². The van der Waals surface area contributed by atoms with Crippen molar-refractivity contribution in [3.8, 4) is 0 Å². The van der Waals surface area contributed by atoms with Crippen molar-refractivity contribution in [2.45, 2.75) is 46.0 Å².